The van der Waals surface area contributed by atoms with E-state index in [1.54, 1.807) is 24.3 Å². The van der Waals surface area contributed by atoms with E-state index in [1.807, 2.05) is 43.4 Å². The Morgan fingerprint density at radius 2 is 1.65 bits per heavy atom. The molecule has 4 aromatic carbocycles. The van der Waals surface area contributed by atoms with Gasteiger partial charge in [0.1, 0.15) is 23.1 Å². The largest absolute Gasteiger partial charge is 0.457 e. The number of rotatable bonds is 4. The highest BCUT2D eigenvalue weighted by Gasteiger charge is 2.16. The van der Waals surface area contributed by atoms with Gasteiger partial charge in [0, 0.05) is 16.5 Å². The maximum atomic E-state index is 13.7. The summed E-state index contributed by atoms with van der Waals surface area (Å²) < 4.78 is 33.0. The third-order valence-electron chi connectivity index (χ3n) is 5.19. The van der Waals surface area contributed by atoms with Crippen LogP contribution in [0.4, 0.5) is 19.3 Å². The zero-order valence-electron chi connectivity index (χ0n) is 18.2. The number of hydrogen-bond acceptors (Lipinski definition) is 3. The Labute approximate surface area is 199 Å². The molecule has 0 unspecified atom stereocenters. The predicted molar refractivity (Wildman–Crippen MR) is 128 cm³/mol. The number of nitrogens with one attached hydrogen (secondary N) is 2. The number of fused-ring (bicyclic) bond motifs is 1. The van der Waals surface area contributed by atoms with Gasteiger partial charge in [-0.2, -0.15) is 0 Å². The summed E-state index contributed by atoms with van der Waals surface area (Å²) in [5.41, 5.74) is 1.71. The molecule has 0 radical (unpaired) electrons. The van der Waals surface area contributed by atoms with Crippen molar-refractivity contribution in [1.82, 2.24) is 5.32 Å². The first-order chi connectivity index (χ1) is 16.2. The molecule has 172 valence electrons. The highest BCUT2D eigenvalue weighted by molar-refractivity contribution is 6.37. The minimum absolute atomic E-state index is 0.366. The van der Waals surface area contributed by atoms with E-state index in [4.69, 9.17) is 16.3 Å². The molecule has 0 fully saturated rings. The number of imide groups is 1. The van der Waals surface area contributed by atoms with Crippen molar-refractivity contribution in [2.45, 2.75) is 13.8 Å². The number of aryl methyl sites for hydroxylation is 2. The zero-order chi connectivity index (χ0) is 24.4. The van der Waals surface area contributed by atoms with Crippen molar-refractivity contribution in [3.05, 3.63) is 100 Å². The quantitative estimate of drug-likeness (QED) is 0.326. The second kappa shape index (κ2) is 9.49. The molecule has 4 aromatic rings. The number of halogens is 3. The van der Waals surface area contributed by atoms with Gasteiger partial charge in [0.15, 0.2) is 0 Å². The molecular formula is C26H19ClF2N2O3. The third-order valence-corrected chi connectivity index (χ3v) is 5.68. The average Bonchev–Trinajstić information content (AvgIpc) is 2.80. The third kappa shape index (κ3) is 4.84. The first kappa shape index (κ1) is 23.2. The Balaban J connectivity index is 1.46. The Bertz CT molecular complexity index is 1420. The second-order valence-electron chi connectivity index (χ2n) is 7.66. The number of benzene rings is 4. The Kier molecular flexibility index (Phi) is 6.47. The van der Waals surface area contributed by atoms with Gasteiger partial charge in [-0.1, -0.05) is 29.8 Å². The molecule has 0 bridgehead atoms. The van der Waals surface area contributed by atoms with Gasteiger partial charge < -0.3 is 10.1 Å². The molecule has 0 heterocycles. The Morgan fingerprint density at radius 1 is 0.912 bits per heavy atom. The monoisotopic (exact) mass is 480 g/mol. The van der Waals surface area contributed by atoms with Crippen LogP contribution in [-0.4, -0.2) is 11.9 Å². The molecule has 0 atom stereocenters. The summed E-state index contributed by atoms with van der Waals surface area (Å²) in [7, 11) is 0. The van der Waals surface area contributed by atoms with Crippen molar-refractivity contribution >= 4 is 40.0 Å². The van der Waals surface area contributed by atoms with E-state index in [9.17, 15) is 18.4 Å². The van der Waals surface area contributed by atoms with Crippen LogP contribution in [-0.2, 0) is 0 Å². The van der Waals surface area contributed by atoms with Crippen molar-refractivity contribution in [1.29, 1.82) is 0 Å². The minimum Gasteiger partial charge on any atom is -0.457 e. The minimum atomic E-state index is -1.06. The van der Waals surface area contributed by atoms with Crippen molar-refractivity contribution < 1.29 is 23.1 Å². The smallest absolute Gasteiger partial charge is 0.326 e. The summed E-state index contributed by atoms with van der Waals surface area (Å²) in [6, 6.07) is 15.7. The van der Waals surface area contributed by atoms with Crippen LogP contribution in [0.1, 0.15) is 21.5 Å². The number of ether oxygens (including phenoxy) is 1. The van der Waals surface area contributed by atoms with Gasteiger partial charge in [0.05, 0.1) is 10.6 Å². The summed E-state index contributed by atoms with van der Waals surface area (Å²) in [5.74, 6) is -1.63. The van der Waals surface area contributed by atoms with Gasteiger partial charge >= 0.3 is 6.03 Å². The van der Waals surface area contributed by atoms with Gasteiger partial charge in [-0.05, 0) is 73.5 Å². The molecule has 0 saturated carbocycles. The number of anilines is 1. The molecule has 3 amide bonds. The number of carbonyl (C=O) groups excluding carboxylic acids is 2. The summed E-state index contributed by atoms with van der Waals surface area (Å²) in [5, 5.41) is 6.91. The molecule has 0 aromatic heterocycles. The molecule has 2 N–H and O–H groups in total. The van der Waals surface area contributed by atoms with E-state index < -0.39 is 29.1 Å². The molecule has 34 heavy (non-hydrogen) atoms. The maximum Gasteiger partial charge on any atom is 0.326 e. The summed E-state index contributed by atoms with van der Waals surface area (Å²) in [4.78, 5) is 24.2. The fourth-order valence-electron chi connectivity index (χ4n) is 3.52. The Morgan fingerprint density at radius 3 is 2.38 bits per heavy atom. The van der Waals surface area contributed by atoms with Gasteiger partial charge in [-0.25, -0.2) is 13.6 Å². The van der Waals surface area contributed by atoms with E-state index in [0.717, 1.165) is 34.0 Å². The van der Waals surface area contributed by atoms with Crippen molar-refractivity contribution in [3.63, 3.8) is 0 Å². The van der Waals surface area contributed by atoms with Crippen molar-refractivity contribution in [3.8, 4) is 11.5 Å². The first-order valence-electron chi connectivity index (χ1n) is 10.3. The molecule has 0 saturated heterocycles. The number of hydrogen-bond donors (Lipinski definition) is 2. The standard InChI is InChI=1S/C26H19ClF2N2O3/c1-14-4-3-5-19-22(12-15(2)24(27)23(14)19)34-18-9-7-17(8-10-18)30-26(33)31-25(32)20-13-16(28)6-11-21(20)29/h3-13H,1-2H3,(H2,30,31,32,33). The van der Waals surface area contributed by atoms with E-state index in [-0.39, 0.29) is 0 Å². The van der Waals surface area contributed by atoms with Crippen LogP contribution in [0, 0.1) is 25.5 Å². The Hall–Kier alpha value is -3.97. The lowest BCUT2D eigenvalue weighted by atomic mass is 10.0. The van der Waals surface area contributed by atoms with Crippen LogP contribution in [0.15, 0.2) is 66.7 Å². The normalized spacial score (nSPS) is 10.7. The number of carbonyl (C=O) groups is 2. The second-order valence-corrected chi connectivity index (χ2v) is 8.04. The first-order valence-corrected chi connectivity index (χ1v) is 10.6. The fourth-order valence-corrected chi connectivity index (χ4v) is 3.83. The van der Waals surface area contributed by atoms with Crippen molar-refractivity contribution in [2.75, 3.05) is 5.32 Å². The highest BCUT2D eigenvalue weighted by atomic mass is 35.5. The van der Waals surface area contributed by atoms with E-state index in [2.05, 4.69) is 5.32 Å². The molecular weight excluding hydrogens is 462 g/mol. The average molecular weight is 481 g/mol. The molecule has 4 rings (SSSR count). The SMILES string of the molecule is Cc1cc(Oc2ccc(NC(=O)NC(=O)c3cc(F)ccc3F)cc2)c2cccc(C)c2c1Cl. The van der Waals surface area contributed by atoms with Crippen LogP contribution in [0.2, 0.25) is 5.02 Å². The van der Waals surface area contributed by atoms with Crippen molar-refractivity contribution in [2.24, 2.45) is 0 Å². The van der Waals surface area contributed by atoms with Crippen LogP contribution in [0.3, 0.4) is 0 Å². The predicted octanol–water partition coefficient (Wildman–Crippen LogP) is 7.14. The van der Waals surface area contributed by atoms with Gasteiger partial charge in [-0.15, -0.1) is 0 Å². The highest BCUT2D eigenvalue weighted by Crippen LogP contribution is 2.38. The van der Waals surface area contributed by atoms with E-state index in [1.165, 1.54) is 0 Å². The van der Waals surface area contributed by atoms with Gasteiger partial charge in [0.25, 0.3) is 5.91 Å². The zero-order valence-corrected chi connectivity index (χ0v) is 19.0. The van der Waals surface area contributed by atoms with Gasteiger partial charge in [-0.3, -0.25) is 10.1 Å². The lowest BCUT2D eigenvalue weighted by molar-refractivity contribution is 0.0962. The molecule has 0 spiro atoms. The lowest BCUT2D eigenvalue weighted by Crippen LogP contribution is -2.34. The topological polar surface area (TPSA) is 67.4 Å². The molecule has 0 aliphatic carbocycles. The molecule has 0 aliphatic rings. The molecule has 5 nitrogen and oxygen atoms in total. The maximum absolute atomic E-state index is 13.7. The lowest BCUT2D eigenvalue weighted by Gasteiger charge is -2.14. The summed E-state index contributed by atoms with van der Waals surface area (Å²) >= 11 is 6.50. The van der Waals surface area contributed by atoms with Crippen LogP contribution in [0.5, 0.6) is 11.5 Å². The summed E-state index contributed by atoms with van der Waals surface area (Å²) in [6.07, 6.45) is 0. The van der Waals surface area contributed by atoms with Crippen LogP contribution in [0.25, 0.3) is 10.8 Å². The number of amides is 3. The van der Waals surface area contributed by atoms with Gasteiger partial charge in [0.2, 0.25) is 0 Å². The van der Waals surface area contributed by atoms with E-state index in [0.29, 0.717) is 28.3 Å². The van der Waals surface area contributed by atoms with E-state index >= 15 is 0 Å². The van der Waals surface area contributed by atoms with Crippen LogP contribution < -0.4 is 15.4 Å². The fraction of sp³-hybridized carbons (Fsp3) is 0.0769. The molecule has 0 aliphatic heterocycles. The van der Waals surface area contributed by atoms with Crippen LogP contribution >= 0.6 is 11.6 Å². The number of urea groups is 1. The molecule has 8 heteroatoms. The summed E-state index contributed by atoms with van der Waals surface area (Å²) in [6.45, 7) is 3.89.